The molecular formula is C26H32FN3O2. The molecule has 0 radical (unpaired) electrons. The van der Waals surface area contributed by atoms with Crippen LogP contribution in [0.2, 0.25) is 0 Å². The number of aryl methyl sites for hydroxylation is 1. The number of nitrogens with zero attached hydrogens (tertiary/aromatic N) is 3. The molecule has 3 rings (SSSR count). The lowest BCUT2D eigenvalue weighted by Gasteiger charge is -2.31. The molecule has 0 saturated heterocycles. The van der Waals surface area contributed by atoms with E-state index in [9.17, 15) is 9.50 Å². The minimum absolute atomic E-state index is 0.143. The molecule has 1 unspecified atom stereocenters. The van der Waals surface area contributed by atoms with Crippen molar-refractivity contribution in [1.29, 1.82) is 0 Å². The average Bonchev–Trinajstić information content (AvgIpc) is 3.05. The number of hydrogen-bond acceptors (Lipinski definition) is 4. The normalized spacial score (nSPS) is 13.4. The number of aliphatic hydroxyl groups is 1. The predicted molar refractivity (Wildman–Crippen MR) is 126 cm³/mol. The molecule has 32 heavy (non-hydrogen) atoms. The van der Waals surface area contributed by atoms with Crippen molar-refractivity contribution < 1.29 is 14.2 Å². The Morgan fingerprint density at radius 3 is 2.47 bits per heavy atom. The molecule has 1 heterocycles. The standard InChI is InChI=1S/C26H32FN3O2/c1-6-26(4,31)18-30(16-19(2)3)17-21-24(20-12-8-7-9-13-20)28-29(5)25(21)32-23-15-11-10-14-22(23)27/h6-15,19,31H,1,16-18H2,2-5H3. The van der Waals surface area contributed by atoms with E-state index in [2.05, 4.69) is 25.3 Å². The van der Waals surface area contributed by atoms with Gasteiger partial charge < -0.3 is 9.84 Å². The summed E-state index contributed by atoms with van der Waals surface area (Å²) in [6.45, 7) is 11.4. The van der Waals surface area contributed by atoms with Crippen LogP contribution in [0.15, 0.2) is 67.3 Å². The summed E-state index contributed by atoms with van der Waals surface area (Å²) in [5.41, 5.74) is 1.51. The molecule has 0 aliphatic carbocycles. The van der Waals surface area contributed by atoms with E-state index in [1.807, 2.05) is 30.3 Å². The topological polar surface area (TPSA) is 50.5 Å². The second-order valence-electron chi connectivity index (χ2n) is 8.78. The molecule has 0 saturated carbocycles. The second-order valence-corrected chi connectivity index (χ2v) is 8.78. The van der Waals surface area contributed by atoms with Gasteiger partial charge in [0.15, 0.2) is 11.6 Å². The molecule has 0 aliphatic heterocycles. The first-order valence-electron chi connectivity index (χ1n) is 10.8. The molecule has 170 valence electrons. The summed E-state index contributed by atoms with van der Waals surface area (Å²) in [5, 5.41) is 15.4. The molecule has 0 aliphatic rings. The van der Waals surface area contributed by atoms with Crippen LogP contribution in [-0.4, -0.2) is 38.5 Å². The van der Waals surface area contributed by atoms with Crippen molar-refractivity contribution >= 4 is 0 Å². The Balaban J connectivity index is 2.07. The van der Waals surface area contributed by atoms with E-state index in [0.29, 0.717) is 24.9 Å². The van der Waals surface area contributed by atoms with Gasteiger partial charge >= 0.3 is 0 Å². The molecule has 5 nitrogen and oxygen atoms in total. The summed E-state index contributed by atoms with van der Waals surface area (Å²) in [6.07, 6.45) is 1.55. The zero-order valence-corrected chi connectivity index (χ0v) is 19.3. The molecule has 1 atom stereocenters. The Morgan fingerprint density at radius 1 is 1.19 bits per heavy atom. The van der Waals surface area contributed by atoms with Crippen molar-refractivity contribution in [2.75, 3.05) is 13.1 Å². The fourth-order valence-corrected chi connectivity index (χ4v) is 3.72. The molecule has 1 N–H and O–H groups in total. The number of benzene rings is 2. The zero-order valence-electron chi connectivity index (χ0n) is 19.3. The largest absolute Gasteiger partial charge is 0.436 e. The van der Waals surface area contributed by atoms with E-state index in [1.165, 1.54) is 6.07 Å². The summed E-state index contributed by atoms with van der Waals surface area (Å²) >= 11 is 0. The fourth-order valence-electron chi connectivity index (χ4n) is 3.72. The van der Waals surface area contributed by atoms with Crippen LogP contribution in [0.1, 0.15) is 26.3 Å². The maximum Gasteiger partial charge on any atom is 0.222 e. The number of ether oxygens (including phenoxy) is 1. The van der Waals surface area contributed by atoms with E-state index in [4.69, 9.17) is 9.84 Å². The summed E-state index contributed by atoms with van der Waals surface area (Å²) in [4.78, 5) is 2.16. The molecule has 0 amide bonds. The number of aromatic nitrogens is 2. The fraction of sp³-hybridized carbons (Fsp3) is 0.346. The minimum atomic E-state index is -1.05. The Kier molecular flexibility index (Phi) is 7.48. The van der Waals surface area contributed by atoms with Gasteiger partial charge in [-0.3, -0.25) is 4.90 Å². The van der Waals surface area contributed by atoms with Gasteiger partial charge in [0.1, 0.15) is 5.69 Å². The van der Waals surface area contributed by atoms with Crippen molar-refractivity contribution in [3.8, 4) is 22.9 Å². The Morgan fingerprint density at radius 2 is 1.84 bits per heavy atom. The highest BCUT2D eigenvalue weighted by molar-refractivity contribution is 5.65. The highest BCUT2D eigenvalue weighted by Gasteiger charge is 2.26. The Labute approximate surface area is 189 Å². The Bertz CT molecular complexity index is 1040. The van der Waals surface area contributed by atoms with Crippen molar-refractivity contribution in [2.24, 2.45) is 13.0 Å². The Hall–Kier alpha value is -2.96. The minimum Gasteiger partial charge on any atom is -0.436 e. The van der Waals surface area contributed by atoms with E-state index in [0.717, 1.165) is 23.4 Å². The van der Waals surface area contributed by atoms with Gasteiger partial charge in [0.25, 0.3) is 0 Å². The predicted octanol–water partition coefficient (Wildman–Crippen LogP) is 5.41. The van der Waals surface area contributed by atoms with Crippen LogP contribution in [0.5, 0.6) is 11.6 Å². The molecule has 0 fully saturated rings. The first kappa shape index (κ1) is 23.7. The third-order valence-electron chi connectivity index (χ3n) is 5.17. The third kappa shape index (κ3) is 5.84. The van der Waals surface area contributed by atoms with Crippen molar-refractivity contribution in [1.82, 2.24) is 14.7 Å². The smallest absolute Gasteiger partial charge is 0.222 e. The lowest BCUT2D eigenvalue weighted by atomic mass is 10.0. The van der Waals surface area contributed by atoms with Crippen LogP contribution in [-0.2, 0) is 13.6 Å². The second kappa shape index (κ2) is 10.1. The van der Waals surface area contributed by atoms with Gasteiger partial charge in [0.2, 0.25) is 5.88 Å². The maximum absolute atomic E-state index is 14.4. The molecule has 1 aromatic heterocycles. The zero-order chi connectivity index (χ0) is 23.3. The van der Waals surface area contributed by atoms with Gasteiger partial charge in [0.05, 0.1) is 11.2 Å². The summed E-state index contributed by atoms with van der Waals surface area (Å²) in [7, 11) is 1.79. The van der Waals surface area contributed by atoms with Gasteiger partial charge in [-0.1, -0.05) is 62.4 Å². The van der Waals surface area contributed by atoms with Crippen LogP contribution < -0.4 is 4.74 Å². The van der Waals surface area contributed by atoms with Gasteiger partial charge in [-0.05, 0) is 25.0 Å². The molecule has 0 bridgehead atoms. The van der Waals surface area contributed by atoms with Crippen LogP contribution in [0, 0.1) is 11.7 Å². The van der Waals surface area contributed by atoms with Crippen LogP contribution in [0.25, 0.3) is 11.3 Å². The SMILES string of the molecule is C=CC(C)(O)CN(Cc1c(-c2ccccc2)nn(C)c1Oc1ccccc1F)CC(C)C. The van der Waals surface area contributed by atoms with Gasteiger partial charge in [-0.2, -0.15) is 5.10 Å². The van der Waals surface area contributed by atoms with Gasteiger partial charge in [-0.15, -0.1) is 6.58 Å². The van der Waals surface area contributed by atoms with Crippen LogP contribution >= 0.6 is 0 Å². The van der Waals surface area contributed by atoms with E-state index in [1.54, 1.807) is 42.9 Å². The maximum atomic E-state index is 14.4. The van der Waals surface area contributed by atoms with E-state index in [-0.39, 0.29) is 5.75 Å². The van der Waals surface area contributed by atoms with Crippen LogP contribution in [0.3, 0.4) is 0 Å². The van der Waals surface area contributed by atoms with Gasteiger partial charge in [0, 0.05) is 32.2 Å². The molecule has 0 spiro atoms. The number of hydrogen-bond donors (Lipinski definition) is 1. The summed E-state index contributed by atoms with van der Waals surface area (Å²) < 4.78 is 22.1. The van der Waals surface area contributed by atoms with Crippen molar-refractivity contribution in [3.05, 3.63) is 78.6 Å². The van der Waals surface area contributed by atoms with Gasteiger partial charge in [-0.25, -0.2) is 9.07 Å². The lowest BCUT2D eigenvalue weighted by molar-refractivity contribution is 0.0539. The molecular weight excluding hydrogens is 405 g/mol. The number of para-hydroxylation sites is 1. The van der Waals surface area contributed by atoms with E-state index >= 15 is 0 Å². The summed E-state index contributed by atoms with van der Waals surface area (Å²) in [6, 6.07) is 16.2. The quantitative estimate of drug-likeness (QED) is 0.431. The first-order valence-corrected chi connectivity index (χ1v) is 10.8. The van der Waals surface area contributed by atoms with E-state index < -0.39 is 11.4 Å². The average molecular weight is 438 g/mol. The molecule has 2 aromatic carbocycles. The summed E-state index contributed by atoms with van der Waals surface area (Å²) in [5.74, 6) is 0.559. The first-order chi connectivity index (χ1) is 15.2. The van der Waals surface area contributed by atoms with Crippen molar-refractivity contribution in [3.63, 3.8) is 0 Å². The lowest BCUT2D eigenvalue weighted by Crippen LogP contribution is -2.40. The molecule has 6 heteroatoms. The number of rotatable bonds is 10. The van der Waals surface area contributed by atoms with Crippen molar-refractivity contribution in [2.45, 2.75) is 32.9 Å². The highest BCUT2D eigenvalue weighted by Crippen LogP contribution is 2.35. The highest BCUT2D eigenvalue weighted by atomic mass is 19.1. The third-order valence-corrected chi connectivity index (χ3v) is 5.17. The van der Waals surface area contributed by atoms with Crippen LogP contribution in [0.4, 0.5) is 4.39 Å². The molecule has 3 aromatic rings. The number of halogens is 1. The monoisotopic (exact) mass is 437 g/mol.